The second-order valence-electron chi connectivity index (χ2n) is 6.24. The van der Waals surface area contributed by atoms with E-state index in [-0.39, 0.29) is 0 Å². The number of aryl methyl sites for hydroxylation is 1. The summed E-state index contributed by atoms with van der Waals surface area (Å²) in [6.07, 6.45) is 5.43. The van der Waals surface area contributed by atoms with Gasteiger partial charge in [-0.05, 0) is 47.1 Å². The third-order valence-electron chi connectivity index (χ3n) is 4.81. The van der Waals surface area contributed by atoms with Crippen molar-refractivity contribution in [3.8, 4) is 0 Å². The van der Waals surface area contributed by atoms with Crippen LogP contribution in [0.15, 0.2) is 36.4 Å². The smallest absolute Gasteiger partial charge is 0.0455 e. The number of benzene rings is 2. The Bertz CT molecular complexity index is 594. The third-order valence-corrected chi connectivity index (χ3v) is 6.41. The molecule has 1 fully saturated rings. The highest BCUT2D eigenvalue weighted by atomic mass is 79.9. The largest absolute Gasteiger partial charge is 0.0833 e. The summed E-state index contributed by atoms with van der Waals surface area (Å²) in [4.78, 5) is 0.466. The molecule has 1 saturated carbocycles. The molecule has 0 radical (unpaired) electrons. The normalized spacial score (nSPS) is 19.7. The van der Waals surface area contributed by atoms with E-state index in [9.17, 15) is 0 Å². The molecular formula is C18H21Br. The fourth-order valence-electron chi connectivity index (χ4n) is 3.51. The zero-order valence-corrected chi connectivity index (χ0v) is 13.3. The maximum absolute atomic E-state index is 4.01. The molecule has 0 heterocycles. The first-order valence-corrected chi connectivity index (χ1v) is 8.16. The lowest BCUT2D eigenvalue weighted by Gasteiger charge is -2.31. The zero-order valence-electron chi connectivity index (χ0n) is 11.7. The van der Waals surface area contributed by atoms with Crippen LogP contribution in [0.1, 0.15) is 48.6 Å². The number of halogens is 1. The van der Waals surface area contributed by atoms with Gasteiger partial charge in [-0.15, -0.1) is 0 Å². The van der Waals surface area contributed by atoms with Crippen molar-refractivity contribution in [1.29, 1.82) is 0 Å². The molecular weight excluding hydrogens is 296 g/mol. The minimum Gasteiger partial charge on any atom is -0.0833 e. The Balaban J connectivity index is 2.12. The van der Waals surface area contributed by atoms with Gasteiger partial charge < -0.3 is 0 Å². The fourth-order valence-corrected chi connectivity index (χ4v) is 4.36. The minimum atomic E-state index is 0.415. The first-order valence-electron chi connectivity index (χ1n) is 7.24. The quantitative estimate of drug-likeness (QED) is 0.581. The molecule has 0 N–H and O–H groups in total. The van der Waals surface area contributed by atoms with Crippen LogP contribution in [0.25, 0.3) is 10.8 Å². The molecule has 100 valence electrons. The monoisotopic (exact) mass is 316 g/mol. The van der Waals surface area contributed by atoms with E-state index in [2.05, 4.69) is 66.2 Å². The molecule has 1 unspecified atom stereocenters. The maximum Gasteiger partial charge on any atom is 0.0455 e. The zero-order chi connectivity index (χ0) is 13.5. The standard InChI is InChI=1S/C18H21Br/c1-13-9-10-16(15-8-4-3-7-14(13)15)17(19)18(2)11-5-6-12-18/h3-4,7-10,17H,5-6,11-12H2,1-2H3. The Kier molecular flexibility index (Phi) is 3.42. The van der Waals surface area contributed by atoms with E-state index in [1.807, 2.05) is 0 Å². The molecule has 0 bridgehead atoms. The molecule has 0 spiro atoms. The summed E-state index contributed by atoms with van der Waals surface area (Å²) in [5, 5.41) is 2.81. The van der Waals surface area contributed by atoms with Gasteiger partial charge in [0.15, 0.2) is 0 Å². The van der Waals surface area contributed by atoms with Crippen LogP contribution in [-0.2, 0) is 0 Å². The molecule has 19 heavy (non-hydrogen) atoms. The lowest BCUT2D eigenvalue weighted by Crippen LogP contribution is -2.17. The Morgan fingerprint density at radius 2 is 1.63 bits per heavy atom. The van der Waals surface area contributed by atoms with Gasteiger partial charge in [0, 0.05) is 4.83 Å². The Hall–Kier alpha value is -0.820. The molecule has 1 heteroatoms. The van der Waals surface area contributed by atoms with Crippen molar-refractivity contribution in [2.45, 2.75) is 44.4 Å². The van der Waals surface area contributed by atoms with Crippen molar-refractivity contribution in [2.24, 2.45) is 5.41 Å². The van der Waals surface area contributed by atoms with Crippen LogP contribution in [0.2, 0.25) is 0 Å². The van der Waals surface area contributed by atoms with E-state index in [0.29, 0.717) is 10.2 Å². The summed E-state index contributed by atoms with van der Waals surface area (Å²) in [6.45, 7) is 4.64. The highest BCUT2D eigenvalue weighted by Crippen LogP contribution is 2.52. The molecule has 0 nitrogen and oxygen atoms in total. The lowest BCUT2D eigenvalue weighted by molar-refractivity contribution is 0.332. The molecule has 0 saturated heterocycles. The van der Waals surface area contributed by atoms with Crippen molar-refractivity contribution in [3.05, 3.63) is 47.5 Å². The van der Waals surface area contributed by atoms with Crippen LogP contribution in [0, 0.1) is 12.3 Å². The predicted molar refractivity (Wildman–Crippen MR) is 86.9 cm³/mol. The summed E-state index contributed by atoms with van der Waals surface area (Å²) in [6, 6.07) is 13.4. The topological polar surface area (TPSA) is 0 Å². The number of alkyl halides is 1. The molecule has 1 atom stereocenters. The molecule has 2 aromatic rings. The van der Waals surface area contributed by atoms with Gasteiger partial charge in [-0.2, -0.15) is 0 Å². The maximum atomic E-state index is 4.01. The number of rotatable bonds is 2. The first-order chi connectivity index (χ1) is 9.12. The van der Waals surface area contributed by atoms with Crippen LogP contribution in [0.3, 0.4) is 0 Å². The van der Waals surface area contributed by atoms with Crippen LogP contribution >= 0.6 is 15.9 Å². The van der Waals surface area contributed by atoms with Gasteiger partial charge in [-0.1, -0.05) is 72.1 Å². The van der Waals surface area contributed by atoms with Gasteiger partial charge in [0.2, 0.25) is 0 Å². The minimum absolute atomic E-state index is 0.415. The van der Waals surface area contributed by atoms with E-state index in [4.69, 9.17) is 0 Å². The Morgan fingerprint density at radius 1 is 1.00 bits per heavy atom. The van der Waals surface area contributed by atoms with Gasteiger partial charge in [0.25, 0.3) is 0 Å². The van der Waals surface area contributed by atoms with Crippen LogP contribution in [0.5, 0.6) is 0 Å². The van der Waals surface area contributed by atoms with Gasteiger partial charge in [0.1, 0.15) is 0 Å². The van der Waals surface area contributed by atoms with E-state index in [1.54, 1.807) is 0 Å². The van der Waals surface area contributed by atoms with E-state index < -0.39 is 0 Å². The van der Waals surface area contributed by atoms with Crippen molar-refractivity contribution in [1.82, 2.24) is 0 Å². The Labute approximate surface area is 124 Å². The highest BCUT2D eigenvalue weighted by molar-refractivity contribution is 9.09. The predicted octanol–water partition coefficient (Wildman–Crippen LogP) is 6.16. The molecule has 1 aliphatic carbocycles. The summed E-state index contributed by atoms with van der Waals surface area (Å²) in [5.74, 6) is 0. The molecule has 3 rings (SSSR count). The summed E-state index contributed by atoms with van der Waals surface area (Å²) in [7, 11) is 0. The van der Waals surface area contributed by atoms with E-state index in [1.165, 1.54) is 47.6 Å². The van der Waals surface area contributed by atoms with Crippen molar-refractivity contribution >= 4 is 26.7 Å². The van der Waals surface area contributed by atoms with Crippen LogP contribution < -0.4 is 0 Å². The van der Waals surface area contributed by atoms with Crippen molar-refractivity contribution < 1.29 is 0 Å². The molecule has 0 amide bonds. The highest BCUT2D eigenvalue weighted by Gasteiger charge is 2.36. The fraction of sp³-hybridized carbons (Fsp3) is 0.444. The number of fused-ring (bicyclic) bond motifs is 1. The Morgan fingerprint density at radius 3 is 2.32 bits per heavy atom. The van der Waals surface area contributed by atoms with Crippen LogP contribution in [0.4, 0.5) is 0 Å². The molecule has 1 aliphatic rings. The average molecular weight is 317 g/mol. The van der Waals surface area contributed by atoms with Crippen molar-refractivity contribution in [2.75, 3.05) is 0 Å². The van der Waals surface area contributed by atoms with Crippen LogP contribution in [-0.4, -0.2) is 0 Å². The SMILES string of the molecule is Cc1ccc(C(Br)C2(C)CCCC2)c2ccccc12. The molecule has 2 aromatic carbocycles. The average Bonchev–Trinajstić information content (AvgIpc) is 2.87. The second-order valence-corrected chi connectivity index (χ2v) is 7.16. The van der Waals surface area contributed by atoms with Crippen molar-refractivity contribution in [3.63, 3.8) is 0 Å². The number of hydrogen-bond donors (Lipinski definition) is 0. The van der Waals surface area contributed by atoms with Gasteiger partial charge in [-0.25, -0.2) is 0 Å². The first kappa shape index (κ1) is 13.2. The summed E-state index contributed by atoms with van der Waals surface area (Å²) >= 11 is 4.01. The van der Waals surface area contributed by atoms with Gasteiger partial charge in [-0.3, -0.25) is 0 Å². The molecule has 0 aromatic heterocycles. The van der Waals surface area contributed by atoms with E-state index in [0.717, 1.165) is 0 Å². The van der Waals surface area contributed by atoms with Gasteiger partial charge >= 0.3 is 0 Å². The van der Waals surface area contributed by atoms with Gasteiger partial charge in [0.05, 0.1) is 0 Å². The molecule has 0 aliphatic heterocycles. The summed E-state index contributed by atoms with van der Waals surface area (Å²) < 4.78 is 0. The second kappa shape index (κ2) is 4.94. The van der Waals surface area contributed by atoms with E-state index >= 15 is 0 Å². The number of hydrogen-bond acceptors (Lipinski definition) is 0. The third kappa shape index (κ3) is 2.23. The summed E-state index contributed by atoms with van der Waals surface area (Å²) in [5.41, 5.74) is 3.25. The lowest BCUT2D eigenvalue weighted by atomic mass is 9.80.